The fourth-order valence-electron chi connectivity index (χ4n) is 3.02. The molecule has 0 unspecified atom stereocenters. The van der Waals surface area contributed by atoms with Crippen LogP contribution in [0.25, 0.3) is 17.0 Å². The molecule has 0 aliphatic rings. The highest BCUT2D eigenvalue weighted by molar-refractivity contribution is 5.98. The Hall–Kier alpha value is -4.38. The molecule has 3 aromatic rings. The van der Waals surface area contributed by atoms with Gasteiger partial charge in [0.1, 0.15) is 28.5 Å². The maximum absolute atomic E-state index is 12.3. The molecule has 174 valence electrons. The molecular weight excluding hydrogens is 436 g/mol. The van der Waals surface area contributed by atoms with E-state index in [1.807, 2.05) is 13.0 Å². The molecule has 34 heavy (non-hydrogen) atoms. The van der Waals surface area contributed by atoms with Gasteiger partial charge in [0.25, 0.3) is 5.91 Å². The molecule has 0 saturated heterocycles. The number of nitrogens with one attached hydrogen (secondary N) is 1. The van der Waals surface area contributed by atoms with Crippen LogP contribution in [-0.2, 0) is 9.53 Å². The van der Waals surface area contributed by atoms with Gasteiger partial charge in [0, 0.05) is 11.9 Å². The molecule has 8 nitrogen and oxygen atoms in total. The minimum atomic E-state index is -0.754. The smallest absolute Gasteiger partial charge is 0.349 e. The number of hydrogen-bond acceptors (Lipinski definition) is 7. The van der Waals surface area contributed by atoms with Crippen molar-refractivity contribution in [3.05, 3.63) is 81.7 Å². The first-order valence-electron chi connectivity index (χ1n) is 10.8. The topological polar surface area (TPSA) is 119 Å². The third-order valence-corrected chi connectivity index (χ3v) is 4.73. The van der Waals surface area contributed by atoms with Gasteiger partial charge in [-0.25, -0.2) is 9.59 Å². The molecule has 0 radical (unpaired) electrons. The van der Waals surface area contributed by atoms with E-state index in [-0.39, 0.29) is 24.3 Å². The van der Waals surface area contributed by atoms with Gasteiger partial charge in [-0.2, -0.15) is 5.26 Å². The predicted molar refractivity (Wildman–Crippen MR) is 126 cm³/mol. The van der Waals surface area contributed by atoms with E-state index in [2.05, 4.69) is 5.32 Å². The number of nitrogens with zero attached hydrogens (tertiary/aromatic N) is 1. The number of esters is 1. The van der Waals surface area contributed by atoms with Crippen LogP contribution in [0, 0.1) is 11.3 Å². The predicted octanol–water partition coefficient (Wildman–Crippen LogP) is 3.85. The van der Waals surface area contributed by atoms with Crippen molar-refractivity contribution in [2.75, 3.05) is 19.8 Å². The lowest BCUT2D eigenvalue weighted by molar-refractivity contribution is -0.138. The van der Waals surface area contributed by atoms with E-state index in [9.17, 15) is 19.6 Å². The molecule has 0 spiro atoms. The lowest BCUT2D eigenvalue weighted by Crippen LogP contribution is -2.29. The lowest BCUT2D eigenvalue weighted by atomic mass is 10.1. The van der Waals surface area contributed by atoms with E-state index in [1.165, 1.54) is 12.1 Å². The van der Waals surface area contributed by atoms with Crippen LogP contribution in [0.5, 0.6) is 5.75 Å². The summed E-state index contributed by atoms with van der Waals surface area (Å²) in [6, 6.07) is 17.2. The van der Waals surface area contributed by atoms with Crippen LogP contribution >= 0.6 is 0 Å². The average molecular weight is 460 g/mol. The SMILES string of the molecule is CCCOc1ccc(/C=C(\C#N)C(=O)OCCCNC(=O)c2cc3ccccc3oc2=O)cc1. The summed E-state index contributed by atoms with van der Waals surface area (Å²) in [5.41, 5.74) is 0.102. The van der Waals surface area contributed by atoms with Gasteiger partial charge in [-0.1, -0.05) is 37.3 Å². The molecule has 0 aliphatic heterocycles. The Kier molecular flexibility index (Phi) is 8.58. The fraction of sp³-hybridized carbons (Fsp3) is 0.231. The summed E-state index contributed by atoms with van der Waals surface area (Å²) in [4.78, 5) is 36.5. The summed E-state index contributed by atoms with van der Waals surface area (Å²) in [7, 11) is 0. The summed E-state index contributed by atoms with van der Waals surface area (Å²) < 4.78 is 15.8. The van der Waals surface area contributed by atoms with Crippen molar-refractivity contribution in [3.63, 3.8) is 0 Å². The monoisotopic (exact) mass is 460 g/mol. The minimum absolute atomic E-state index is 0.00570. The molecule has 3 rings (SSSR count). The Morgan fingerprint density at radius 1 is 1.12 bits per heavy atom. The molecule has 2 aromatic carbocycles. The van der Waals surface area contributed by atoms with E-state index < -0.39 is 17.5 Å². The van der Waals surface area contributed by atoms with Gasteiger partial charge in [-0.05, 0) is 48.7 Å². The quantitative estimate of drug-likeness (QED) is 0.160. The van der Waals surface area contributed by atoms with E-state index in [0.29, 0.717) is 35.3 Å². The maximum Gasteiger partial charge on any atom is 0.349 e. The molecule has 1 heterocycles. The summed E-state index contributed by atoms with van der Waals surface area (Å²) in [6.07, 6.45) is 2.64. The van der Waals surface area contributed by atoms with Crippen molar-refractivity contribution in [2.45, 2.75) is 19.8 Å². The van der Waals surface area contributed by atoms with Gasteiger partial charge < -0.3 is 19.2 Å². The molecule has 0 saturated carbocycles. The molecule has 0 bridgehead atoms. The maximum atomic E-state index is 12.3. The second kappa shape index (κ2) is 12.0. The number of ether oxygens (including phenoxy) is 2. The first kappa shape index (κ1) is 24.3. The van der Waals surface area contributed by atoms with Crippen LogP contribution in [-0.4, -0.2) is 31.6 Å². The summed E-state index contributed by atoms with van der Waals surface area (Å²) in [5, 5.41) is 12.5. The van der Waals surface area contributed by atoms with Crippen LogP contribution in [0.1, 0.15) is 35.7 Å². The van der Waals surface area contributed by atoms with Crippen molar-refractivity contribution in [1.82, 2.24) is 5.32 Å². The number of carbonyl (C=O) groups excluding carboxylic acids is 2. The Labute approximate surface area is 196 Å². The molecule has 8 heteroatoms. The highest BCUT2D eigenvalue weighted by atomic mass is 16.5. The van der Waals surface area contributed by atoms with Crippen molar-refractivity contribution in [3.8, 4) is 11.8 Å². The van der Waals surface area contributed by atoms with Crippen LogP contribution in [0.2, 0.25) is 0 Å². The molecule has 0 fully saturated rings. The second-order valence-corrected chi connectivity index (χ2v) is 7.32. The minimum Gasteiger partial charge on any atom is -0.494 e. The average Bonchev–Trinajstić information content (AvgIpc) is 2.85. The zero-order chi connectivity index (χ0) is 24.3. The fourth-order valence-corrected chi connectivity index (χ4v) is 3.02. The van der Waals surface area contributed by atoms with Crippen molar-refractivity contribution < 1.29 is 23.5 Å². The Morgan fingerprint density at radius 2 is 1.88 bits per heavy atom. The molecule has 1 amide bonds. The van der Waals surface area contributed by atoms with E-state index in [4.69, 9.17) is 13.9 Å². The largest absolute Gasteiger partial charge is 0.494 e. The number of benzene rings is 2. The first-order valence-corrected chi connectivity index (χ1v) is 10.8. The van der Waals surface area contributed by atoms with E-state index in [1.54, 1.807) is 48.5 Å². The Morgan fingerprint density at radius 3 is 2.62 bits per heavy atom. The van der Waals surface area contributed by atoms with Gasteiger partial charge in [-0.3, -0.25) is 4.79 Å². The molecule has 1 aromatic heterocycles. The number of fused-ring (bicyclic) bond motifs is 1. The van der Waals surface area contributed by atoms with Crippen LogP contribution < -0.4 is 15.7 Å². The summed E-state index contributed by atoms with van der Waals surface area (Å²) in [6.45, 7) is 2.79. The second-order valence-electron chi connectivity index (χ2n) is 7.32. The molecule has 0 atom stereocenters. The number of carbonyl (C=O) groups is 2. The van der Waals surface area contributed by atoms with Gasteiger partial charge in [-0.15, -0.1) is 0 Å². The third-order valence-electron chi connectivity index (χ3n) is 4.73. The van der Waals surface area contributed by atoms with Gasteiger partial charge in [0.15, 0.2) is 0 Å². The Balaban J connectivity index is 1.47. The Bertz CT molecular complexity index is 1290. The van der Waals surface area contributed by atoms with Crippen LogP contribution in [0.4, 0.5) is 0 Å². The molecular formula is C26H24N2O6. The highest BCUT2D eigenvalue weighted by Crippen LogP contribution is 2.15. The van der Waals surface area contributed by atoms with Crippen molar-refractivity contribution in [1.29, 1.82) is 5.26 Å². The van der Waals surface area contributed by atoms with Crippen molar-refractivity contribution in [2.24, 2.45) is 0 Å². The van der Waals surface area contributed by atoms with Crippen LogP contribution in [0.3, 0.4) is 0 Å². The zero-order valence-electron chi connectivity index (χ0n) is 18.7. The van der Waals surface area contributed by atoms with E-state index in [0.717, 1.165) is 6.42 Å². The van der Waals surface area contributed by atoms with Gasteiger partial charge in [0.2, 0.25) is 0 Å². The highest BCUT2D eigenvalue weighted by Gasteiger charge is 2.14. The zero-order valence-corrected chi connectivity index (χ0v) is 18.7. The first-order chi connectivity index (χ1) is 16.5. The molecule has 0 aliphatic carbocycles. The number of nitriles is 1. The number of amides is 1. The van der Waals surface area contributed by atoms with Gasteiger partial charge in [0.05, 0.1) is 13.2 Å². The van der Waals surface area contributed by atoms with Crippen LogP contribution in [0.15, 0.2) is 69.4 Å². The lowest BCUT2D eigenvalue weighted by Gasteiger charge is -2.07. The van der Waals surface area contributed by atoms with Crippen molar-refractivity contribution >= 4 is 28.9 Å². The summed E-state index contributed by atoms with van der Waals surface area (Å²) >= 11 is 0. The standard InChI is InChI=1S/C26H24N2O6/c1-2-13-32-21-10-8-18(9-11-21)15-20(17-27)25(30)33-14-5-12-28-24(29)22-16-19-6-3-4-7-23(19)34-26(22)31/h3-4,6-11,15-16H,2,5,12-14H2,1H3,(H,28,29)/b20-15+. The summed E-state index contributed by atoms with van der Waals surface area (Å²) in [5.74, 6) is -0.617. The number of hydrogen-bond donors (Lipinski definition) is 1. The normalized spacial score (nSPS) is 11.0. The van der Waals surface area contributed by atoms with Gasteiger partial charge >= 0.3 is 11.6 Å². The number of rotatable bonds is 10. The number of para-hydroxylation sites is 1. The van der Waals surface area contributed by atoms with E-state index >= 15 is 0 Å². The molecule has 1 N–H and O–H groups in total. The third kappa shape index (κ3) is 6.56.